The number of benzene rings is 1. The fourth-order valence-corrected chi connectivity index (χ4v) is 4.32. The fraction of sp³-hybridized carbons (Fsp3) is 0.455. The molecule has 0 radical (unpaired) electrons. The average molecular weight is 410 g/mol. The van der Waals surface area contributed by atoms with E-state index in [1.54, 1.807) is 31.4 Å². The van der Waals surface area contributed by atoms with Crippen molar-refractivity contribution < 1.29 is 19.6 Å². The summed E-state index contributed by atoms with van der Waals surface area (Å²) in [6.45, 7) is 5.66. The normalized spacial score (nSPS) is 20.2. The van der Waals surface area contributed by atoms with E-state index in [0.717, 1.165) is 43.3 Å². The molecule has 2 amide bonds. The van der Waals surface area contributed by atoms with Crippen molar-refractivity contribution in [3.8, 4) is 5.75 Å². The molecule has 2 aromatic rings. The van der Waals surface area contributed by atoms with Gasteiger partial charge < -0.3 is 15.0 Å². The maximum absolute atomic E-state index is 12.9. The number of nitrogens with two attached hydrogens (primary N) is 1. The number of hydrogen-bond donors (Lipinski definition) is 1. The lowest BCUT2D eigenvalue weighted by molar-refractivity contribution is -0.709. The molecule has 30 heavy (non-hydrogen) atoms. The number of carbonyl (C=O) groups is 2. The lowest BCUT2D eigenvalue weighted by Crippen LogP contribution is -2.97. The highest BCUT2D eigenvalue weighted by Crippen LogP contribution is 2.24. The van der Waals surface area contributed by atoms with E-state index in [1.165, 1.54) is 4.90 Å². The number of rotatable bonds is 5. The summed E-state index contributed by atoms with van der Waals surface area (Å²) in [5, 5.41) is 2.09. The Bertz CT molecular complexity index is 918. The van der Waals surface area contributed by atoms with Gasteiger partial charge in [-0.05, 0) is 38.1 Å². The van der Waals surface area contributed by atoms with Crippen molar-refractivity contribution in [2.75, 3.05) is 30.0 Å². The van der Waals surface area contributed by atoms with Crippen molar-refractivity contribution in [1.82, 2.24) is 9.97 Å². The van der Waals surface area contributed by atoms with Crippen molar-refractivity contribution in [2.45, 2.75) is 45.2 Å². The van der Waals surface area contributed by atoms with E-state index in [2.05, 4.69) is 20.2 Å². The summed E-state index contributed by atoms with van der Waals surface area (Å²) in [4.78, 5) is 37.9. The van der Waals surface area contributed by atoms with E-state index in [-0.39, 0.29) is 24.3 Å². The maximum Gasteiger partial charge on any atom is 0.292 e. The van der Waals surface area contributed by atoms with Crippen LogP contribution in [0, 0.1) is 13.8 Å². The predicted octanol–water partition coefficient (Wildman–Crippen LogP) is 0.966. The number of piperidine rings is 1. The van der Waals surface area contributed by atoms with Gasteiger partial charge in [0.2, 0.25) is 5.91 Å². The van der Waals surface area contributed by atoms with Crippen molar-refractivity contribution in [1.29, 1.82) is 0 Å². The van der Waals surface area contributed by atoms with Gasteiger partial charge in [-0.25, -0.2) is 14.9 Å². The van der Waals surface area contributed by atoms with Crippen LogP contribution in [0.15, 0.2) is 30.3 Å². The zero-order valence-corrected chi connectivity index (χ0v) is 17.7. The number of aromatic nitrogens is 2. The summed E-state index contributed by atoms with van der Waals surface area (Å²) in [7, 11) is 1.59. The number of aryl methyl sites for hydroxylation is 2. The minimum Gasteiger partial charge on any atom is -0.497 e. The number of ether oxygens (including phenoxy) is 1. The Morgan fingerprint density at radius 3 is 2.40 bits per heavy atom. The first-order valence-corrected chi connectivity index (χ1v) is 10.4. The molecule has 2 saturated heterocycles. The average Bonchev–Trinajstić information content (AvgIpc) is 3.01. The van der Waals surface area contributed by atoms with Crippen molar-refractivity contribution in [2.24, 2.45) is 0 Å². The third-order valence-corrected chi connectivity index (χ3v) is 5.83. The van der Waals surface area contributed by atoms with Crippen molar-refractivity contribution >= 4 is 23.3 Å². The molecule has 3 heterocycles. The zero-order chi connectivity index (χ0) is 21.3. The molecule has 2 fully saturated rings. The topological polar surface area (TPSA) is 92.2 Å². The second-order valence-corrected chi connectivity index (χ2v) is 8.01. The van der Waals surface area contributed by atoms with Crippen LogP contribution < -0.4 is 19.9 Å². The molecule has 0 saturated carbocycles. The number of amides is 2. The third kappa shape index (κ3) is 4.14. The molecule has 1 aromatic carbocycles. The monoisotopic (exact) mass is 410 g/mol. The van der Waals surface area contributed by atoms with Crippen molar-refractivity contribution in [3.63, 3.8) is 0 Å². The Hall–Kier alpha value is -3.00. The number of imide groups is 1. The Kier molecular flexibility index (Phi) is 5.67. The van der Waals surface area contributed by atoms with E-state index < -0.39 is 0 Å². The Morgan fingerprint density at radius 1 is 1.07 bits per heavy atom. The first kappa shape index (κ1) is 20.3. The summed E-state index contributed by atoms with van der Waals surface area (Å²) >= 11 is 0. The summed E-state index contributed by atoms with van der Waals surface area (Å²) in [5.74, 6) is 2.18. The van der Waals surface area contributed by atoms with Gasteiger partial charge in [-0.15, -0.1) is 0 Å². The summed E-state index contributed by atoms with van der Waals surface area (Å²) < 4.78 is 5.15. The molecule has 8 heteroatoms. The Balaban J connectivity index is 1.36. The van der Waals surface area contributed by atoms with Gasteiger partial charge in [0.15, 0.2) is 6.04 Å². The van der Waals surface area contributed by atoms with Crippen LogP contribution in [0.2, 0.25) is 0 Å². The molecule has 0 aliphatic carbocycles. The van der Waals surface area contributed by atoms with Crippen LogP contribution in [-0.4, -0.2) is 54.1 Å². The van der Waals surface area contributed by atoms with Gasteiger partial charge in [-0.3, -0.25) is 9.59 Å². The van der Waals surface area contributed by atoms with E-state index in [4.69, 9.17) is 4.74 Å². The number of anilines is 2. The van der Waals surface area contributed by atoms with Gasteiger partial charge >= 0.3 is 0 Å². The standard InChI is InChI=1S/C22H27N5O3/c1-14-12-20(24-15(2)23-14)26-10-8-16(9-11-26)25-19-13-21(28)27(22(19)29)17-4-6-18(30-3)7-5-17/h4-7,12,16,19,25H,8-11,13H2,1-3H3/p+1/t19-/m0/s1. The first-order valence-electron chi connectivity index (χ1n) is 10.4. The molecule has 1 atom stereocenters. The first-order chi connectivity index (χ1) is 14.4. The minimum absolute atomic E-state index is 0.130. The Labute approximate surface area is 176 Å². The second-order valence-electron chi connectivity index (χ2n) is 8.01. The highest BCUT2D eigenvalue weighted by atomic mass is 16.5. The lowest BCUT2D eigenvalue weighted by Gasteiger charge is -2.32. The van der Waals surface area contributed by atoms with Gasteiger partial charge in [0.05, 0.1) is 25.3 Å². The van der Waals surface area contributed by atoms with Crippen LogP contribution in [0.1, 0.15) is 30.8 Å². The molecule has 0 unspecified atom stereocenters. The van der Waals surface area contributed by atoms with Crippen LogP contribution in [0.3, 0.4) is 0 Å². The highest BCUT2D eigenvalue weighted by Gasteiger charge is 2.43. The predicted molar refractivity (Wildman–Crippen MR) is 113 cm³/mol. The van der Waals surface area contributed by atoms with Crippen LogP contribution in [0.5, 0.6) is 5.75 Å². The molecule has 1 aromatic heterocycles. The number of methoxy groups -OCH3 is 1. The van der Waals surface area contributed by atoms with Gasteiger partial charge in [-0.1, -0.05) is 0 Å². The van der Waals surface area contributed by atoms with E-state index in [9.17, 15) is 9.59 Å². The zero-order valence-electron chi connectivity index (χ0n) is 17.7. The fourth-order valence-electron chi connectivity index (χ4n) is 4.32. The van der Waals surface area contributed by atoms with E-state index in [0.29, 0.717) is 17.5 Å². The van der Waals surface area contributed by atoms with Crippen LogP contribution in [0.25, 0.3) is 0 Å². The largest absolute Gasteiger partial charge is 0.497 e. The minimum atomic E-state index is -0.348. The SMILES string of the molecule is COc1ccc(N2C(=O)C[C@H]([NH2+]C3CCN(c4cc(C)nc(C)n4)CC3)C2=O)cc1. The van der Waals surface area contributed by atoms with Crippen LogP contribution >= 0.6 is 0 Å². The number of carbonyl (C=O) groups excluding carboxylic acids is 2. The third-order valence-electron chi connectivity index (χ3n) is 5.83. The molecular weight excluding hydrogens is 382 g/mol. The molecule has 2 N–H and O–H groups in total. The number of quaternary nitrogens is 1. The Morgan fingerprint density at radius 2 is 1.77 bits per heavy atom. The molecule has 158 valence electrons. The summed E-state index contributed by atoms with van der Waals surface area (Å²) in [6.07, 6.45) is 2.14. The molecule has 4 rings (SSSR count). The number of nitrogens with zero attached hydrogens (tertiary/aromatic N) is 4. The lowest BCUT2D eigenvalue weighted by atomic mass is 10.0. The summed E-state index contributed by atoms with van der Waals surface area (Å²) in [6, 6.07) is 9.02. The van der Waals surface area contributed by atoms with Gasteiger partial charge in [-0.2, -0.15) is 0 Å². The van der Waals surface area contributed by atoms with E-state index >= 15 is 0 Å². The van der Waals surface area contributed by atoms with Gasteiger partial charge in [0.25, 0.3) is 5.91 Å². The smallest absolute Gasteiger partial charge is 0.292 e. The van der Waals surface area contributed by atoms with Crippen LogP contribution in [-0.2, 0) is 9.59 Å². The number of hydrogen-bond acceptors (Lipinski definition) is 6. The van der Waals surface area contributed by atoms with Crippen LogP contribution in [0.4, 0.5) is 11.5 Å². The highest BCUT2D eigenvalue weighted by molar-refractivity contribution is 6.21. The van der Waals surface area contributed by atoms with Crippen molar-refractivity contribution in [3.05, 3.63) is 41.9 Å². The molecular formula is C22H28N5O3+. The molecule has 0 spiro atoms. The molecule has 0 bridgehead atoms. The maximum atomic E-state index is 12.9. The second kappa shape index (κ2) is 8.39. The van der Waals surface area contributed by atoms with E-state index in [1.807, 2.05) is 19.9 Å². The van der Waals surface area contributed by atoms with Gasteiger partial charge in [0, 0.05) is 37.7 Å². The molecule has 2 aliphatic heterocycles. The van der Waals surface area contributed by atoms with Gasteiger partial charge in [0.1, 0.15) is 17.4 Å². The molecule has 8 nitrogen and oxygen atoms in total. The quantitative estimate of drug-likeness (QED) is 0.739. The molecule has 2 aliphatic rings. The summed E-state index contributed by atoms with van der Waals surface area (Å²) in [5.41, 5.74) is 1.57.